The number of aryl methyl sites for hydroxylation is 2. The number of hydrogen-bond donors (Lipinski definition) is 0. The molecule has 2 aromatic carbocycles. The summed E-state index contributed by atoms with van der Waals surface area (Å²) in [7, 11) is 0. The summed E-state index contributed by atoms with van der Waals surface area (Å²) < 4.78 is 11.5. The topological polar surface area (TPSA) is 56.5 Å². The Bertz CT molecular complexity index is 1030. The van der Waals surface area contributed by atoms with E-state index >= 15 is 0 Å². The van der Waals surface area contributed by atoms with Crippen molar-refractivity contribution >= 4 is 16.8 Å². The van der Waals surface area contributed by atoms with Gasteiger partial charge in [0, 0.05) is 0 Å². The number of carbonyl (C=O) groups is 1. The highest BCUT2D eigenvalue weighted by Gasteiger charge is 2.30. The van der Waals surface area contributed by atoms with Gasteiger partial charge < -0.3 is 9.15 Å². The van der Waals surface area contributed by atoms with E-state index in [9.17, 15) is 9.59 Å². The van der Waals surface area contributed by atoms with Crippen LogP contribution in [0.25, 0.3) is 11.0 Å². The Morgan fingerprint density at radius 2 is 1.75 bits per heavy atom. The first-order valence-electron chi connectivity index (χ1n) is 7.85. The minimum atomic E-state index is -0.617. The van der Waals surface area contributed by atoms with Crippen LogP contribution in [0.2, 0.25) is 0 Å². The molecule has 0 aliphatic carbocycles. The van der Waals surface area contributed by atoms with Gasteiger partial charge in [0.25, 0.3) is 0 Å². The number of fused-ring (bicyclic) bond motifs is 2. The number of carbonyl (C=O) groups excluding carboxylic acids is 1. The van der Waals surface area contributed by atoms with Gasteiger partial charge in [-0.05, 0) is 38.1 Å². The van der Waals surface area contributed by atoms with Crippen LogP contribution >= 0.6 is 0 Å². The van der Waals surface area contributed by atoms with E-state index in [4.69, 9.17) is 9.15 Å². The molecule has 1 atom stereocenters. The maximum Gasteiger partial charge on any atom is 0.199 e. The lowest BCUT2D eigenvalue weighted by molar-refractivity contribution is 0.0847. The smallest absolute Gasteiger partial charge is 0.199 e. The van der Waals surface area contributed by atoms with Crippen LogP contribution in [0.3, 0.4) is 0 Å². The molecule has 0 N–H and O–H groups in total. The van der Waals surface area contributed by atoms with Gasteiger partial charge in [0.15, 0.2) is 11.2 Å². The minimum Gasteiger partial charge on any atom is -0.484 e. The van der Waals surface area contributed by atoms with Gasteiger partial charge in [0.1, 0.15) is 23.7 Å². The fraction of sp³-hybridized carbons (Fsp3) is 0.200. The van der Waals surface area contributed by atoms with Crippen LogP contribution in [0.15, 0.2) is 51.9 Å². The molecule has 0 amide bonds. The summed E-state index contributed by atoms with van der Waals surface area (Å²) in [5.74, 6) is 0.499. The van der Waals surface area contributed by atoms with Gasteiger partial charge in [-0.3, -0.25) is 9.59 Å². The maximum absolute atomic E-state index is 12.8. The predicted octanol–water partition coefficient (Wildman–Crippen LogP) is 4.12. The normalized spacial score (nSPS) is 16.8. The first-order chi connectivity index (χ1) is 11.5. The Labute approximate surface area is 138 Å². The largest absolute Gasteiger partial charge is 0.484 e. The molecule has 0 bridgehead atoms. The maximum atomic E-state index is 12.8. The predicted molar refractivity (Wildman–Crippen MR) is 90.7 cm³/mol. The van der Waals surface area contributed by atoms with Crippen molar-refractivity contribution < 1.29 is 13.9 Å². The number of hydrogen-bond acceptors (Lipinski definition) is 4. The molecule has 120 valence electrons. The molecule has 0 radical (unpaired) electrons. The second-order valence-corrected chi connectivity index (χ2v) is 6.25. The van der Waals surface area contributed by atoms with E-state index in [-0.39, 0.29) is 17.6 Å². The highest BCUT2D eigenvalue weighted by atomic mass is 16.5. The molecule has 0 spiro atoms. The van der Waals surface area contributed by atoms with Crippen molar-refractivity contribution in [2.45, 2.75) is 26.4 Å². The van der Waals surface area contributed by atoms with Crippen LogP contribution in [-0.4, -0.2) is 5.78 Å². The SMILES string of the molecule is Cc1ccc2c(c1)C(=O)CC(c1coc3ccc(C)cc3c1=O)O2. The standard InChI is InChI=1S/C20H16O4/c1-11-4-6-18-13(7-11)16(21)9-19(24-18)15-10-23-17-5-3-12(2)8-14(17)20(15)22/h3-8,10,19H,9H2,1-2H3. The van der Waals surface area contributed by atoms with Crippen molar-refractivity contribution in [2.75, 3.05) is 0 Å². The molecule has 4 nitrogen and oxygen atoms in total. The Morgan fingerprint density at radius 3 is 2.58 bits per heavy atom. The highest BCUT2D eigenvalue weighted by molar-refractivity contribution is 6.00. The molecule has 1 unspecified atom stereocenters. The summed E-state index contributed by atoms with van der Waals surface area (Å²) in [5, 5.41) is 0.512. The van der Waals surface area contributed by atoms with E-state index in [1.54, 1.807) is 18.2 Å². The third-order valence-electron chi connectivity index (χ3n) is 4.38. The average molecular weight is 320 g/mol. The Morgan fingerprint density at radius 1 is 1.00 bits per heavy atom. The molecule has 24 heavy (non-hydrogen) atoms. The van der Waals surface area contributed by atoms with Crippen LogP contribution in [0.1, 0.15) is 39.6 Å². The molecular weight excluding hydrogens is 304 g/mol. The van der Waals surface area contributed by atoms with Gasteiger partial charge in [-0.15, -0.1) is 0 Å². The van der Waals surface area contributed by atoms with Crippen molar-refractivity contribution in [1.82, 2.24) is 0 Å². The lowest BCUT2D eigenvalue weighted by atomic mass is 9.95. The van der Waals surface area contributed by atoms with Crippen molar-refractivity contribution in [3.05, 3.63) is 75.1 Å². The molecule has 1 aliphatic heterocycles. The molecule has 1 aliphatic rings. The number of rotatable bonds is 1. The van der Waals surface area contributed by atoms with E-state index in [2.05, 4.69) is 0 Å². The van der Waals surface area contributed by atoms with Crippen molar-refractivity contribution in [3.8, 4) is 5.75 Å². The molecule has 4 heteroatoms. The van der Waals surface area contributed by atoms with Gasteiger partial charge in [0.2, 0.25) is 0 Å². The van der Waals surface area contributed by atoms with Crippen LogP contribution in [0.5, 0.6) is 5.75 Å². The van der Waals surface area contributed by atoms with Crippen LogP contribution in [0.4, 0.5) is 0 Å². The van der Waals surface area contributed by atoms with E-state index in [1.807, 2.05) is 32.0 Å². The molecule has 3 aromatic rings. The zero-order chi connectivity index (χ0) is 16.8. The third kappa shape index (κ3) is 2.31. The first-order valence-corrected chi connectivity index (χ1v) is 7.85. The minimum absolute atomic E-state index is 0.0197. The third-order valence-corrected chi connectivity index (χ3v) is 4.38. The van der Waals surface area contributed by atoms with Gasteiger partial charge in [0.05, 0.1) is 22.9 Å². The zero-order valence-corrected chi connectivity index (χ0v) is 13.5. The number of ketones is 1. The summed E-state index contributed by atoms with van der Waals surface area (Å²) in [6, 6.07) is 11.0. The quantitative estimate of drug-likeness (QED) is 0.677. The monoisotopic (exact) mass is 320 g/mol. The van der Waals surface area contributed by atoms with Gasteiger partial charge in [-0.25, -0.2) is 0 Å². The fourth-order valence-corrected chi connectivity index (χ4v) is 3.09. The second kappa shape index (κ2) is 5.34. The molecule has 0 fully saturated rings. The van der Waals surface area contributed by atoms with E-state index in [0.29, 0.717) is 27.8 Å². The number of ether oxygens (including phenoxy) is 1. The van der Waals surface area contributed by atoms with Crippen LogP contribution in [-0.2, 0) is 0 Å². The van der Waals surface area contributed by atoms with E-state index in [0.717, 1.165) is 11.1 Å². The Kier molecular flexibility index (Phi) is 3.27. The van der Waals surface area contributed by atoms with Crippen LogP contribution in [0, 0.1) is 13.8 Å². The van der Waals surface area contributed by atoms with E-state index < -0.39 is 6.10 Å². The molecule has 0 saturated heterocycles. The first kappa shape index (κ1) is 14.7. The summed E-state index contributed by atoms with van der Waals surface area (Å²) in [6.45, 7) is 3.85. The molecule has 0 saturated carbocycles. The summed E-state index contributed by atoms with van der Waals surface area (Å²) >= 11 is 0. The summed E-state index contributed by atoms with van der Waals surface area (Å²) in [6.07, 6.45) is 0.934. The highest BCUT2D eigenvalue weighted by Crippen LogP contribution is 2.34. The molecular formula is C20H16O4. The zero-order valence-electron chi connectivity index (χ0n) is 13.5. The lowest BCUT2D eigenvalue weighted by Gasteiger charge is -2.25. The summed E-state index contributed by atoms with van der Waals surface area (Å²) in [4.78, 5) is 25.2. The number of Topliss-reactive ketones (excluding diaryl/α,β-unsaturated/α-hetero) is 1. The van der Waals surface area contributed by atoms with E-state index in [1.165, 1.54) is 6.26 Å². The molecule has 1 aromatic heterocycles. The van der Waals surface area contributed by atoms with Gasteiger partial charge in [-0.2, -0.15) is 0 Å². The van der Waals surface area contributed by atoms with Crippen molar-refractivity contribution in [1.29, 1.82) is 0 Å². The Balaban J connectivity index is 1.81. The Hall–Kier alpha value is -2.88. The van der Waals surface area contributed by atoms with Gasteiger partial charge in [-0.1, -0.05) is 23.3 Å². The van der Waals surface area contributed by atoms with Crippen molar-refractivity contribution in [2.24, 2.45) is 0 Å². The second-order valence-electron chi connectivity index (χ2n) is 6.25. The van der Waals surface area contributed by atoms with Crippen molar-refractivity contribution in [3.63, 3.8) is 0 Å². The lowest BCUT2D eigenvalue weighted by Crippen LogP contribution is -2.25. The molecule has 4 rings (SSSR count). The fourth-order valence-electron chi connectivity index (χ4n) is 3.09. The average Bonchev–Trinajstić information content (AvgIpc) is 2.56. The van der Waals surface area contributed by atoms with Gasteiger partial charge >= 0.3 is 0 Å². The van der Waals surface area contributed by atoms with Crippen LogP contribution < -0.4 is 10.2 Å². The number of benzene rings is 2. The molecule has 2 heterocycles. The summed E-state index contributed by atoms with van der Waals surface area (Å²) in [5.41, 5.74) is 3.33.